The third-order valence-corrected chi connectivity index (χ3v) is 3.47. The first-order valence-electron chi connectivity index (χ1n) is 7.93. The molecule has 6 nitrogen and oxygen atoms in total. The van der Waals surface area contributed by atoms with Gasteiger partial charge < -0.3 is 19.9 Å². The van der Waals surface area contributed by atoms with Crippen molar-refractivity contribution in [2.24, 2.45) is 0 Å². The van der Waals surface area contributed by atoms with Crippen molar-refractivity contribution in [3.8, 4) is 11.8 Å². The lowest BCUT2D eigenvalue weighted by Crippen LogP contribution is -2.22. The Kier molecular flexibility index (Phi) is 6.79. The van der Waals surface area contributed by atoms with Crippen molar-refractivity contribution in [1.82, 2.24) is 0 Å². The molecule has 1 fully saturated rings. The van der Waals surface area contributed by atoms with Crippen LogP contribution in [0.3, 0.4) is 0 Å². The number of carboxylic acids is 1. The maximum Gasteiger partial charge on any atom is 0.335 e. The molecular weight excluding hydrogens is 310 g/mol. The van der Waals surface area contributed by atoms with Crippen LogP contribution in [0.1, 0.15) is 48.5 Å². The molecule has 6 heteroatoms. The summed E-state index contributed by atoms with van der Waals surface area (Å²) in [5, 5.41) is 11.7. The number of rotatable bonds is 5. The number of amides is 1. The Morgan fingerprint density at radius 1 is 1.42 bits per heavy atom. The van der Waals surface area contributed by atoms with Crippen molar-refractivity contribution in [2.75, 3.05) is 18.5 Å². The van der Waals surface area contributed by atoms with E-state index < -0.39 is 5.97 Å². The second-order valence-electron chi connectivity index (χ2n) is 5.47. The second kappa shape index (κ2) is 9.06. The van der Waals surface area contributed by atoms with Crippen molar-refractivity contribution in [2.45, 2.75) is 38.9 Å². The molecule has 1 saturated heterocycles. The van der Waals surface area contributed by atoms with E-state index in [4.69, 9.17) is 14.6 Å². The van der Waals surface area contributed by atoms with Gasteiger partial charge in [0.15, 0.2) is 6.29 Å². The Labute approximate surface area is 141 Å². The predicted molar refractivity (Wildman–Crippen MR) is 88.7 cm³/mol. The summed E-state index contributed by atoms with van der Waals surface area (Å²) in [4.78, 5) is 22.3. The fraction of sp³-hybridized carbons (Fsp3) is 0.444. The summed E-state index contributed by atoms with van der Waals surface area (Å²) in [6.45, 7) is 2.57. The van der Waals surface area contributed by atoms with Crippen molar-refractivity contribution in [3.05, 3.63) is 29.3 Å². The van der Waals surface area contributed by atoms with E-state index in [0.29, 0.717) is 24.3 Å². The lowest BCUT2D eigenvalue weighted by molar-refractivity contribution is -0.161. The summed E-state index contributed by atoms with van der Waals surface area (Å²) in [6.07, 6.45) is 3.44. The second-order valence-corrected chi connectivity index (χ2v) is 5.47. The summed E-state index contributed by atoms with van der Waals surface area (Å²) in [5.74, 6) is 4.58. The van der Waals surface area contributed by atoms with Gasteiger partial charge in [-0.15, -0.1) is 0 Å². The Morgan fingerprint density at radius 2 is 2.25 bits per heavy atom. The molecule has 0 spiro atoms. The minimum Gasteiger partial charge on any atom is -0.478 e. The van der Waals surface area contributed by atoms with E-state index in [1.54, 1.807) is 6.07 Å². The van der Waals surface area contributed by atoms with E-state index in [0.717, 1.165) is 25.9 Å². The molecule has 1 aromatic carbocycles. The number of benzene rings is 1. The number of carbonyl (C=O) groups excluding carboxylic acids is 1. The Hall–Kier alpha value is -2.36. The van der Waals surface area contributed by atoms with Crippen molar-refractivity contribution in [1.29, 1.82) is 0 Å². The van der Waals surface area contributed by atoms with Gasteiger partial charge in [-0.25, -0.2) is 4.79 Å². The van der Waals surface area contributed by atoms with Crippen LogP contribution in [-0.2, 0) is 14.3 Å². The molecule has 0 aromatic heterocycles. The molecule has 1 unspecified atom stereocenters. The lowest BCUT2D eigenvalue weighted by Gasteiger charge is -2.22. The van der Waals surface area contributed by atoms with Gasteiger partial charge in [-0.1, -0.05) is 11.8 Å². The number of ether oxygens (including phenoxy) is 2. The van der Waals surface area contributed by atoms with Gasteiger partial charge in [0.05, 0.1) is 17.9 Å². The van der Waals surface area contributed by atoms with E-state index in [9.17, 15) is 9.59 Å². The highest BCUT2D eigenvalue weighted by Crippen LogP contribution is 2.17. The predicted octanol–water partition coefficient (Wildman–Crippen LogP) is 2.63. The number of carboxylic acid groups (broad SMARTS) is 1. The quantitative estimate of drug-likeness (QED) is 0.640. The summed E-state index contributed by atoms with van der Waals surface area (Å²) in [6, 6.07) is 4.43. The number of nitrogens with one attached hydrogen (secondary N) is 1. The Bertz CT molecular complexity index is 653. The van der Waals surface area contributed by atoms with E-state index in [2.05, 4.69) is 17.2 Å². The number of hydrogen-bond donors (Lipinski definition) is 2. The molecule has 1 heterocycles. The zero-order chi connectivity index (χ0) is 17.4. The molecule has 24 heavy (non-hydrogen) atoms. The largest absolute Gasteiger partial charge is 0.478 e. The normalized spacial score (nSPS) is 16.8. The molecular formula is C18H21NO5. The third kappa shape index (κ3) is 5.69. The fourth-order valence-corrected chi connectivity index (χ4v) is 2.32. The maximum absolute atomic E-state index is 11.2. The van der Waals surface area contributed by atoms with Crippen LogP contribution in [-0.4, -0.2) is 36.5 Å². The molecule has 1 atom stereocenters. The average Bonchev–Trinajstić information content (AvgIpc) is 2.56. The molecule has 0 saturated carbocycles. The number of anilines is 1. The van der Waals surface area contributed by atoms with Crippen LogP contribution in [0.5, 0.6) is 0 Å². The first kappa shape index (κ1) is 18.0. The van der Waals surface area contributed by atoms with Gasteiger partial charge in [-0.05, 0) is 37.5 Å². The average molecular weight is 331 g/mol. The smallest absolute Gasteiger partial charge is 0.335 e. The van der Waals surface area contributed by atoms with Gasteiger partial charge in [-0.3, -0.25) is 4.79 Å². The van der Waals surface area contributed by atoms with E-state index in [-0.39, 0.29) is 17.8 Å². The van der Waals surface area contributed by atoms with E-state index in [1.165, 1.54) is 19.1 Å². The summed E-state index contributed by atoms with van der Waals surface area (Å²) >= 11 is 0. The first-order chi connectivity index (χ1) is 11.6. The number of aromatic carboxylic acids is 1. The Morgan fingerprint density at radius 3 is 2.92 bits per heavy atom. The van der Waals surface area contributed by atoms with Crippen LogP contribution in [0.2, 0.25) is 0 Å². The first-order valence-corrected chi connectivity index (χ1v) is 7.93. The van der Waals surface area contributed by atoms with Crippen molar-refractivity contribution >= 4 is 17.6 Å². The van der Waals surface area contributed by atoms with E-state index in [1.807, 2.05) is 0 Å². The highest BCUT2D eigenvalue weighted by molar-refractivity contribution is 5.93. The summed E-state index contributed by atoms with van der Waals surface area (Å²) in [5.41, 5.74) is 1.09. The van der Waals surface area contributed by atoms with Gasteiger partial charge in [0, 0.05) is 25.5 Å². The number of hydrogen-bond acceptors (Lipinski definition) is 4. The van der Waals surface area contributed by atoms with Crippen LogP contribution < -0.4 is 5.32 Å². The van der Waals surface area contributed by atoms with Crippen LogP contribution >= 0.6 is 0 Å². The van der Waals surface area contributed by atoms with Crippen LogP contribution in [0.4, 0.5) is 5.69 Å². The maximum atomic E-state index is 11.2. The molecule has 2 rings (SSSR count). The van der Waals surface area contributed by atoms with Gasteiger partial charge in [-0.2, -0.15) is 0 Å². The minimum atomic E-state index is -1.04. The molecule has 0 bridgehead atoms. The Balaban J connectivity index is 1.97. The zero-order valence-corrected chi connectivity index (χ0v) is 13.6. The van der Waals surface area contributed by atoms with Gasteiger partial charge in [0.2, 0.25) is 5.91 Å². The molecule has 0 radical (unpaired) electrons. The van der Waals surface area contributed by atoms with Crippen LogP contribution in [0, 0.1) is 11.8 Å². The molecule has 1 amide bonds. The number of carbonyl (C=O) groups is 2. The fourth-order valence-electron chi connectivity index (χ4n) is 2.32. The lowest BCUT2D eigenvalue weighted by atomic mass is 10.1. The molecule has 2 N–H and O–H groups in total. The summed E-state index contributed by atoms with van der Waals surface area (Å²) in [7, 11) is 0. The van der Waals surface area contributed by atoms with Crippen molar-refractivity contribution in [3.63, 3.8) is 0 Å². The van der Waals surface area contributed by atoms with E-state index >= 15 is 0 Å². The highest BCUT2D eigenvalue weighted by Gasteiger charge is 2.13. The summed E-state index contributed by atoms with van der Waals surface area (Å²) < 4.78 is 11.1. The third-order valence-electron chi connectivity index (χ3n) is 3.47. The monoisotopic (exact) mass is 331 g/mol. The van der Waals surface area contributed by atoms with Crippen molar-refractivity contribution < 1.29 is 24.2 Å². The van der Waals surface area contributed by atoms with Gasteiger partial charge in [0.1, 0.15) is 0 Å². The molecule has 1 aliphatic heterocycles. The minimum absolute atomic E-state index is 0.125. The topological polar surface area (TPSA) is 84.9 Å². The molecule has 128 valence electrons. The highest BCUT2D eigenvalue weighted by atomic mass is 16.7. The molecule has 0 aliphatic carbocycles. The molecule has 1 aromatic rings. The standard InChI is InChI=1S/C18H21NO5/c1-13(20)19-16-9-8-15(18(21)22)12-14(16)6-2-4-10-23-17-7-3-5-11-24-17/h8-9,12,17H,3-5,7,10-11H2,1H3,(H,19,20)(H,21,22). The van der Waals surface area contributed by atoms with Crippen LogP contribution in [0.25, 0.3) is 0 Å². The molecule has 1 aliphatic rings. The zero-order valence-electron chi connectivity index (χ0n) is 13.6. The SMILES string of the molecule is CC(=O)Nc1ccc(C(=O)O)cc1C#CCCOC1CCCCO1. The van der Waals surface area contributed by atoms with Gasteiger partial charge >= 0.3 is 5.97 Å². The van der Waals surface area contributed by atoms with Gasteiger partial charge in [0.25, 0.3) is 0 Å². The van der Waals surface area contributed by atoms with Crippen LogP contribution in [0.15, 0.2) is 18.2 Å².